The number of carbonyl (C=O) groups is 1. The van der Waals surface area contributed by atoms with Gasteiger partial charge in [0.2, 0.25) is 0 Å². The first-order chi connectivity index (χ1) is 4.99. The fraction of sp³-hybridized carbons (Fsp3) is 0.857. The van der Waals surface area contributed by atoms with Crippen LogP contribution in [0.15, 0.2) is 0 Å². The van der Waals surface area contributed by atoms with E-state index in [9.17, 15) is 4.79 Å². The molecule has 4 heteroatoms. The third kappa shape index (κ3) is 2.63. The SMILES string of the molecule is C[Si](C)(C)OC1CCOC1=O. The molecule has 0 bridgehead atoms. The van der Waals surface area contributed by atoms with Crippen LogP contribution in [-0.2, 0) is 14.0 Å². The second-order valence-electron chi connectivity index (χ2n) is 3.68. The van der Waals surface area contributed by atoms with Gasteiger partial charge in [-0.2, -0.15) is 0 Å². The standard InChI is InChI=1S/C7H14O3Si/c1-11(2,3)10-6-4-5-9-7(6)8/h6H,4-5H2,1-3H3. The van der Waals surface area contributed by atoms with Crippen molar-refractivity contribution in [3.63, 3.8) is 0 Å². The first-order valence-corrected chi connectivity index (χ1v) is 7.24. The fourth-order valence-corrected chi connectivity index (χ4v) is 2.08. The lowest BCUT2D eigenvalue weighted by Gasteiger charge is -2.19. The van der Waals surface area contributed by atoms with Crippen LogP contribution in [0.5, 0.6) is 0 Å². The quantitative estimate of drug-likeness (QED) is 0.465. The highest BCUT2D eigenvalue weighted by atomic mass is 28.4. The second kappa shape index (κ2) is 2.95. The van der Waals surface area contributed by atoms with Crippen molar-refractivity contribution < 1.29 is 14.0 Å². The van der Waals surface area contributed by atoms with Crippen molar-refractivity contribution in [2.45, 2.75) is 32.2 Å². The van der Waals surface area contributed by atoms with Crippen LogP contribution in [0, 0.1) is 0 Å². The van der Waals surface area contributed by atoms with E-state index in [0.29, 0.717) is 6.61 Å². The monoisotopic (exact) mass is 174 g/mol. The molecule has 3 nitrogen and oxygen atoms in total. The number of ether oxygens (including phenoxy) is 1. The normalized spacial score (nSPS) is 25.4. The van der Waals surface area contributed by atoms with Crippen molar-refractivity contribution in [2.24, 2.45) is 0 Å². The van der Waals surface area contributed by atoms with Crippen molar-refractivity contribution >= 4 is 14.3 Å². The van der Waals surface area contributed by atoms with Gasteiger partial charge in [0.1, 0.15) is 6.10 Å². The molecule has 1 atom stereocenters. The number of hydrogen-bond donors (Lipinski definition) is 0. The second-order valence-corrected chi connectivity index (χ2v) is 8.14. The molecule has 64 valence electrons. The molecule has 1 saturated heterocycles. The molecule has 0 aromatic heterocycles. The summed E-state index contributed by atoms with van der Waals surface area (Å²) in [6, 6.07) is 0. The number of hydrogen-bond acceptors (Lipinski definition) is 3. The first-order valence-electron chi connectivity index (χ1n) is 3.83. The molecule has 1 heterocycles. The van der Waals surface area contributed by atoms with Gasteiger partial charge < -0.3 is 9.16 Å². The molecule has 0 aromatic rings. The zero-order chi connectivity index (χ0) is 8.48. The van der Waals surface area contributed by atoms with Gasteiger partial charge in [0, 0.05) is 6.42 Å². The molecule has 1 aliphatic rings. The molecule has 1 unspecified atom stereocenters. The van der Waals surface area contributed by atoms with Gasteiger partial charge in [0.25, 0.3) is 0 Å². The minimum atomic E-state index is -1.56. The van der Waals surface area contributed by atoms with Gasteiger partial charge in [0.15, 0.2) is 8.32 Å². The Balaban J connectivity index is 2.43. The molecule has 1 fully saturated rings. The molecule has 0 radical (unpaired) electrons. The van der Waals surface area contributed by atoms with Crippen LogP contribution in [-0.4, -0.2) is 27.0 Å². The summed E-state index contributed by atoms with van der Waals surface area (Å²) in [7, 11) is -1.56. The Labute approximate surface area is 67.8 Å². The van der Waals surface area contributed by atoms with Crippen LogP contribution in [0.1, 0.15) is 6.42 Å². The van der Waals surface area contributed by atoms with Gasteiger partial charge >= 0.3 is 5.97 Å². The van der Waals surface area contributed by atoms with Gasteiger partial charge in [-0.3, -0.25) is 0 Å². The third-order valence-corrected chi connectivity index (χ3v) is 2.37. The fourth-order valence-electron chi connectivity index (χ4n) is 1.01. The van der Waals surface area contributed by atoms with E-state index in [1.54, 1.807) is 0 Å². The predicted octanol–water partition coefficient (Wildman–Crippen LogP) is 1.15. The van der Waals surface area contributed by atoms with E-state index in [2.05, 4.69) is 19.6 Å². The maximum Gasteiger partial charge on any atom is 0.334 e. The van der Waals surface area contributed by atoms with E-state index in [1.165, 1.54) is 0 Å². The molecule has 1 aliphatic heterocycles. The number of rotatable bonds is 2. The van der Waals surface area contributed by atoms with Crippen LogP contribution in [0.25, 0.3) is 0 Å². The summed E-state index contributed by atoms with van der Waals surface area (Å²) in [5, 5.41) is 0. The Bertz CT molecular complexity index is 162. The molecular formula is C7H14O3Si. The van der Waals surface area contributed by atoms with Crippen molar-refractivity contribution in [3.05, 3.63) is 0 Å². The highest BCUT2D eigenvalue weighted by Gasteiger charge is 2.31. The molecular weight excluding hydrogens is 160 g/mol. The Morgan fingerprint density at radius 1 is 1.55 bits per heavy atom. The molecule has 11 heavy (non-hydrogen) atoms. The van der Waals surface area contributed by atoms with Crippen LogP contribution >= 0.6 is 0 Å². The minimum Gasteiger partial charge on any atom is -0.464 e. The number of carbonyl (C=O) groups excluding carboxylic acids is 1. The van der Waals surface area contributed by atoms with E-state index in [1.807, 2.05) is 0 Å². The smallest absolute Gasteiger partial charge is 0.334 e. The zero-order valence-electron chi connectivity index (χ0n) is 7.22. The Kier molecular flexibility index (Phi) is 2.34. The predicted molar refractivity (Wildman–Crippen MR) is 43.8 cm³/mol. The Hall–Kier alpha value is -0.353. The highest BCUT2D eigenvalue weighted by Crippen LogP contribution is 2.15. The van der Waals surface area contributed by atoms with Gasteiger partial charge in [-0.05, 0) is 19.6 Å². The Morgan fingerprint density at radius 2 is 2.18 bits per heavy atom. The molecule has 0 saturated carbocycles. The van der Waals surface area contributed by atoms with Crippen molar-refractivity contribution in [1.29, 1.82) is 0 Å². The Morgan fingerprint density at radius 3 is 2.55 bits per heavy atom. The lowest BCUT2D eigenvalue weighted by molar-refractivity contribution is -0.143. The largest absolute Gasteiger partial charge is 0.464 e. The number of esters is 1. The van der Waals surface area contributed by atoms with Crippen molar-refractivity contribution in [2.75, 3.05) is 6.61 Å². The summed E-state index contributed by atoms with van der Waals surface area (Å²) in [6.07, 6.45) is 0.449. The van der Waals surface area contributed by atoms with E-state index in [4.69, 9.17) is 9.16 Å². The van der Waals surface area contributed by atoms with E-state index in [0.717, 1.165) is 6.42 Å². The summed E-state index contributed by atoms with van der Waals surface area (Å²) < 4.78 is 10.3. The van der Waals surface area contributed by atoms with Gasteiger partial charge in [-0.25, -0.2) is 4.79 Å². The summed E-state index contributed by atoms with van der Waals surface area (Å²) in [5.74, 6) is -0.188. The van der Waals surface area contributed by atoms with Gasteiger partial charge in [-0.15, -0.1) is 0 Å². The molecule has 0 amide bonds. The number of cyclic esters (lactones) is 1. The summed E-state index contributed by atoms with van der Waals surface area (Å²) >= 11 is 0. The van der Waals surface area contributed by atoms with Gasteiger partial charge in [-0.1, -0.05) is 0 Å². The lowest BCUT2D eigenvalue weighted by atomic mass is 10.3. The minimum absolute atomic E-state index is 0.188. The maximum absolute atomic E-state index is 10.9. The van der Waals surface area contributed by atoms with Crippen LogP contribution in [0.3, 0.4) is 0 Å². The summed E-state index contributed by atoms with van der Waals surface area (Å²) in [5.41, 5.74) is 0. The van der Waals surface area contributed by atoms with Gasteiger partial charge in [0.05, 0.1) is 6.61 Å². The van der Waals surface area contributed by atoms with Crippen LogP contribution in [0.2, 0.25) is 19.6 Å². The molecule has 1 rings (SSSR count). The zero-order valence-corrected chi connectivity index (χ0v) is 8.22. The average molecular weight is 174 g/mol. The highest BCUT2D eigenvalue weighted by molar-refractivity contribution is 6.69. The summed E-state index contributed by atoms with van der Waals surface area (Å²) in [6.45, 7) is 6.73. The van der Waals surface area contributed by atoms with E-state index < -0.39 is 8.32 Å². The average Bonchev–Trinajstić information content (AvgIpc) is 2.12. The molecule has 0 aliphatic carbocycles. The maximum atomic E-state index is 10.9. The van der Waals surface area contributed by atoms with Crippen LogP contribution in [0.4, 0.5) is 0 Å². The van der Waals surface area contributed by atoms with Crippen LogP contribution < -0.4 is 0 Å². The lowest BCUT2D eigenvalue weighted by Crippen LogP contribution is -2.34. The molecule has 0 N–H and O–H groups in total. The van der Waals surface area contributed by atoms with E-state index in [-0.39, 0.29) is 12.1 Å². The molecule has 0 spiro atoms. The third-order valence-electron chi connectivity index (χ3n) is 1.38. The topological polar surface area (TPSA) is 35.5 Å². The van der Waals surface area contributed by atoms with Crippen molar-refractivity contribution in [3.8, 4) is 0 Å². The first kappa shape index (κ1) is 8.74. The molecule has 0 aromatic carbocycles. The summed E-state index contributed by atoms with van der Waals surface area (Å²) in [4.78, 5) is 10.9. The van der Waals surface area contributed by atoms with E-state index >= 15 is 0 Å². The van der Waals surface area contributed by atoms with Crippen molar-refractivity contribution in [1.82, 2.24) is 0 Å².